The molecule has 0 amide bonds. The van der Waals surface area contributed by atoms with Gasteiger partial charge in [0.15, 0.2) is 11.5 Å². The lowest BCUT2D eigenvalue weighted by molar-refractivity contribution is -0.0590. The third-order valence-corrected chi connectivity index (χ3v) is 7.02. The van der Waals surface area contributed by atoms with Crippen LogP contribution in [0.5, 0.6) is 11.5 Å². The van der Waals surface area contributed by atoms with Crippen LogP contribution in [0.25, 0.3) is 0 Å². The number of thioether (sulfide) groups is 1. The van der Waals surface area contributed by atoms with Crippen LogP contribution in [0.3, 0.4) is 0 Å². The Morgan fingerprint density at radius 2 is 1.93 bits per heavy atom. The predicted molar refractivity (Wildman–Crippen MR) is 118 cm³/mol. The fourth-order valence-electron chi connectivity index (χ4n) is 4.86. The molecule has 1 aromatic carbocycles. The van der Waals surface area contributed by atoms with Crippen molar-refractivity contribution in [2.75, 3.05) is 52.1 Å². The summed E-state index contributed by atoms with van der Waals surface area (Å²) in [6.07, 6.45) is 3.49. The minimum atomic E-state index is -0.261. The highest BCUT2D eigenvalue weighted by Crippen LogP contribution is 2.44. The van der Waals surface area contributed by atoms with E-state index in [0.29, 0.717) is 30.2 Å². The quantitative estimate of drug-likeness (QED) is 0.505. The fourth-order valence-corrected chi connectivity index (χ4v) is 5.38. The molecule has 29 heavy (non-hydrogen) atoms. The lowest BCUT2D eigenvalue weighted by Crippen LogP contribution is -2.49. The third kappa shape index (κ3) is 5.59. The molecule has 2 heterocycles. The summed E-state index contributed by atoms with van der Waals surface area (Å²) in [5.41, 5.74) is 2.72. The van der Waals surface area contributed by atoms with E-state index in [0.717, 1.165) is 43.2 Å². The Bertz CT molecular complexity index is 657. The Morgan fingerprint density at radius 3 is 2.62 bits per heavy atom. The molecule has 0 aliphatic carbocycles. The van der Waals surface area contributed by atoms with Gasteiger partial charge in [0.2, 0.25) is 0 Å². The SMILES string of the molecule is COc1cc2c(cc1OC)[C@H]1C[C@@H](OCCSCC[19F])[C@H](CC(C)C)CN1CC2. The van der Waals surface area contributed by atoms with Crippen LogP contribution >= 0.6 is 11.8 Å². The monoisotopic (exact) mass is 425 g/mol. The zero-order valence-corrected chi connectivity index (χ0v) is 19.1. The maximum Gasteiger partial charge on any atom is 0.161 e. The van der Waals surface area contributed by atoms with Gasteiger partial charge in [0.25, 0.3) is 0 Å². The largest absolute Gasteiger partial charge is 0.493 e. The van der Waals surface area contributed by atoms with Gasteiger partial charge < -0.3 is 14.2 Å². The summed E-state index contributed by atoms with van der Waals surface area (Å²) in [5, 5.41) is 0. The molecule has 0 aromatic heterocycles. The van der Waals surface area contributed by atoms with Crippen molar-refractivity contribution < 1.29 is 18.6 Å². The van der Waals surface area contributed by atoms with Crippen LogP contribution in [0.1, 0.15) is 43.9 Å². The number of fused-ring (bicyclic) bond motifs is 3. The average molecular weight is 426 g/mol. The molecule has 0 radical (unpaired) electrons. The van der Waals surface area contributed by atoms with Crippen molar-refractivity contribution in [1.82, 2.24) is 4.90 Å². The predicted octanol–water partition coefficient (Wildman–Crippen LogP) is 4.76. The minimum absolute atomic E-state index is 0.253. The summed E-state index contributed by atoms with van der Waals surface area (Å²) < 4.78 is 29.8. The van der Waals surface area contributed by atoms with Gasteiger partial charge in [-0.3, -0.25) is 9.29 Å². The number of halogens is 1. The van der Waals surface area contributed by atoms with E-state index >= 15 is 0 Å². The van der Waals surface area contributed by atoms with Crippen molar-refractivity contribution in [3.63, 3.8) is 0 Å². The van der Waals surface area contributed by atoms with Gasteiger partial charge in [-0.05, 0) is 54.4 Å². The highest BCUT2D eigenvalue weighted by atomic mass is 32.2. The molecule has 2 aliphatic rings. The van der Waals surface area contributed by atoms with Crippen molar-refractivity contribution in [2.24, 2.45) is 11.8 Å². The number of alkyl halides is 1. The number of benzene rings is 1. The Balaban J connectivity index is 1.76. The normalized spacial score (nSPS) is 24.3. The Hall–Kier alpha value is -0.980. The zero-order valence-electron chi connectivity index (χ0n) is 18.3. The second-order valence-corrected chi connectivity index (χ2v) is 9.73. The highest BCUT2D eigenvalue weighted by Gasteiger charge is 2.40. The molecule has 3 atom stereocenters. The average Bonchev–Trinajstić information content (AvgIpc) is 2.72. The van der Waals surface area contributed by atoms with Crippen LogP contribution in [-0.2, 0) is 11.2 Å². The second kappa shape index (κ2) is 10.9. The van der Waals surface area contributed by atoms with Crippen molar-refractivity contribution in [2.45, 2.75) is 45.3 Å². The Kier molecular flexibility index (Phi) is 8.51. The molecular formula is C23H36FNO3S. The van der Waals surface area contributed by atoms with Crippen LogP contribution in [0.2, 0.25) is 0 Å². The minimum Gasteiger partial charge on any atom is -0.493 e. The molecule has 164 valence electrons. The number of hydrogen-bond acceptors (Lipinski definition) is 5. The van der Waals surface area contributed by atoms with E-state index in [1.807, 2.05) is 0 Å². The fraction of sp³-hybridized carbons (Fsp3) is 0.739. The van der Waals surface area contributed by atoms with Crippen LogP contribution < -0.4 is 9.47 Å². The van der Waals surface area contributed by atoms with Gasteiger partial charge in [0.1, 0.15) is 0 Å². The van der Waals surface area contributed by atoms with Crippen molar-refractivity contribution in [1.29, 1.82) is 0 Å². The molecule has 0 saturated carbocycles. The zero-order chi connectivity index (χ0) is 20.8. The molecule has 1 aromatic rings. The van der Waals surface area contributed by atoms with E-state index in [4.69, 9.17) is 14.2 Å². The molecule has 4 nitrogen and oxygen atoms in total. The molecule has 2 aliphatic heterocycles. The maximum absolute atomic E-state index is 12.3. The topological polar surface area (TPSA) is 30.9 Å². The molecular weight excluding hydrogens is 389 g/mol. The standard InChI is InChI=1S/C23H36FNO3S/c1-16(2)11-18-15-25-7-5-17-12-22(26-3)23(27-4)13-19(17)20(25)14-21(18)28-8-10-29-9-6-24/h12-13,16,18,20-21H,5-11,14-15H2,1-4H3/t18-,20-,21-/m1/s1/i24+0. The number of rotatable bonds is 10. The summed E-state index contributed by atoms with van der Waals surface area (Å²) >= 11 is 1.64. The molecule has 0 unspecified atom stereocenters. The first-order valence-electron chi connectivity index (χ1n) is 10.8. The van der Waals surface area contributed by atoms with Crippen LogP contribution in [0, 0.1) is 11.8 Å². The summed E-state index contributed by atoms with van der Waals surface area (Å²) in [4.78, 5) is 2.64. The van der Waals surface area contributed by atoms with Gasteiger partial charge >= 0.3 is 0 Å². The Morgan fingerprint density at radius 1 is 1.17 bits per heavy atom. The first-order chi connectivity index (χ1) is 14.1. The van der Waals surface area contributed by atoms with Gasteiger partial charge in [-0.1, -0.05) is 13.8 Å². The van der Waals surface area contributed by atoms with E-state index in [1.165, 1.54) is 17.5 Å². The van der Waals surface area contributed by atoms with E-state index in [-0.39, 0.29) is 12.8 Å². The van der Waals surface area contributed by atoms with Gasteiger partial charge in [-0.2, -0.15) is 11.8 Å². The van der Waals surface area contributed by atoms with Crippen LogP contribution in [0.4, 0.5) is 4.39 Å². The van der Waals surface area contributed by atoms with Crippen molar-refractivity contribution in [3.8, 4) is 11.5 Å². The van der Waals surface area contributed by atoms with Crippen LogP contribution in [-0.4, -0.2) is 63.1 Å². The van der Waals surface area contributed by atoms with Gasteiger partial charge in [-0.25, -0.2) is 0 Å². The molecule has 6 heteroatoms. The molecule has 0 spiro atoms. The first-order valence-corrected chi connectivity index (χ1v) is 12.0. The number of piperidine rings is 1. The number of ether oxygens (including phenoxy) is 3. The van der Waals surface area contributed by atoms with Gasteiger partial charge in [0.05, 0.1) is 33.6 Å². The first kappa shape index (κ1) is 22.7. The third-order valence-electron chi connectivity index (χ3n) is 6.12. The van der Waals surface area contributed by atoms with E-state index in [1.54, 1.807) is 26.0 Å². The number of methoxy groups -OCH3 is 2. The second-order valence-electron chi connectivity index (χ2n) is 8.50. The van der Waals surface area contributed by atoms with Gasteiger partial charge in [0, 0.05) is 30.6 Å². The van der Waals surface area contributed by atoms with E-state index in [2.05, 4.69) is 30.9 Å². The highest BCUT2D eigenvalue weighted by molar-refractivity contribution is 7.99. The summed E-state index contributed by atoms with van der Waals surface area (Å²) in [6.45, 7) is 7.20. The van der Waals surface area contributed by atoms with E-state index in [9.17, 15) is 4.39 Å². The molecule has 1 saturated heterocycles. The lowest BCUT2D eigenvalue weighted by Gasteiger charge is -2.47. The van der Waals surface area contributed by atoms with Gasteiger partial charge in [-0.15, -0.1) is 0 Å². The smallest absolute Gasteiger partial charge is 0.161 e. The Labute approximate surface area is 179 Å². The van der Waals surface area contributed by atoms with Crippen LogP contribution in [0.15, 0.2) is 12.1 Å². The summed E-state index contributed by atoms with van der Waals surface area (Å²) in [7, 11) is 3.40. The van der Waals surface area contributed by atoms with Crippen molar-refractivity contribution in [3.05, 3.63) is 23.3 Å². The maximum atomic E-state index is 12.3. The molecule has 3 rings (SSSR count). The lowest BCUT2D eigenvalue weighted by atomic mass is 9.79. The molecule has 0 bridgehead atoms. The number of hydrogen-bond donors (Lipinski definition) is 0. The molecule has 1 fully saturated rings. The van der Waals surface area contributed by atoms with E-state index < -0.39 is 0 Å². The molecule has 0 N–H and O–H groups in total. The summed E-state index contributed by atoms with van der Waals surface area (Å²) in [5.74, 6) is 4.26. The number of nitrogens with zero attached hydrogens (tertiary/aromatic N) is 1. The summed E-state index contributed by atoms with van der Waals surface area (Å²) in [6, 6.07) is 4.68. The van der Waals surface area contributed by atoms with Crippen molar-refractivity contribution >= 4 is 11.8 Å².